The molecule has 3 rings (SSSR count). The Labute approximate surface area is 151 Å². The van der Waals surface area contributed by atoms with Crippen LogP contribution in [0, 0.1) is 0 Å². The quantitative estimate of drug-likeness (QED) is 0.670. The Morgan fingerprint density at radius 3 is 2.57 bits per heavy atom. The molecule has 0 saturated carbocycles. The van der Waals surface area contributed by atoms with Gasteiger partial charge in [0, 0.05) is 33.4 Å². The van der Waals surface area contributed by atoms with E-state index in [9.17, 15) is 9.59 Å². The fraction of sp³-hybridized carbons (Fsp3) is 0.500. The maximum absolute atomic E-state index is 11.9. The molecule has 1 aromatic carbocycles. The third kappa shape index (κ3) is 4.11. The molecule has 1 fully saturated rings. The van der Waals surface area contributed by atoms with Crippen LogP contribution in [-0.2, 0) is 25.2 Å². The monoisotopic (exact) mass is 490 g/mol. The number of carbonyl (C=O) groups is 2. The van der Waals surface area contributed by atoms with Crippen LogP contribution in [-0.4, -0.2) is 23.4 Å². The third-order valence-corrected chi connectivity index (χ3v) is 3.72. The van der Waals surface area contributed by atoms with Crippen molar-refractivity contribution in [3.8, 4) is 0 Å². The minimum absolute atomic E-state index is 0. The fourth-order valence-corrected chi connectivity index (χ4v) is 2.51. The van der Waals surface area contributed by atoms with Crippen LogP contribution in [0.15, 0.2) is 18.2 Å². The normalized spacial score (nSPS) is 19.2. The molecule has 2 aliphatic rings. The van der Waals surface area contributed by atoms with Crippen molar-refractivity contribution in [1.82, 2.24) is 15.6 Å². The van der Waals surface area contributed by atoms with Gasteiger partial charge in [-0.05, 0) is 17.0 Å². The Kier molecular flexibility index (Phi) is 7.20. The van der Waals surface area contributed by atoms with Gasteiger partial charge in [0.25, 0.3) is 0 Å². The summed E-state index contributed by atoms with van der Waals surface area (Å²) in [4.78, 5) is 24.7. The van der Waals surface area contributed by atoms with Gasteiger partial charge in [-0.25, -0.2) is 4.79 Å². The summed E-state index contributed by atoms with van der Waals surface area (Å²) in [5, 5.41) is 2.33. The van der Waals surface area contributed by atoms with Crippen LogP contribution in [0.4, 0.5) is 10.5 Å². The van der Waals surface area contributed by atoms with Crippen LogP contribution in [0.2, 0.25) is 0 Å². The number of benzene rings is 1. The summed E-state index contributed by atoms with van der Waals surface area (Å²) >= 11 is 0. The molecular weight excluding hydrogens is 466 g/mol. The van der Waals surface area contributed by atoms with Crippen molar-refractivity contribution in [1.29, 1.82) is 0 Å². The molecule has 0 aromatic heterocycles. The Balaban J connectivity index is 0.000000849. The summed E-state index contributed by atoms with van der Waals surface area (Å²) in [6.07, 6.45) is 0.0304. The molecule has 2 N–H and O–H groups in total. The molecule has 3 amide bonds. The molecule has 2 heterocycles. The Morgan fingerprint density at radius 1 is 1.26 bits per heavy atom. The van der Waals surface area contributed by atoms with Gasteiger partial charge in [-0.1, -0.05) is 45.9 Å². The number of carbonyl (C=O) groups excluding carboxylic acids is 2. The van der Waals surface area contributed by atoms with Gasteiger partial charge in [-0.3, -0.25) is 10.1 Å². The van der Waals surface area contributed by atoms with Crippen molar-refractivity contribution in [3.05, 3.63) is 34.8 Å². The summed E-state index contributed by atoms with van der Waals surface area (Å²) in [5.41, 5.74) is 10.3. The first-order valence-corrected chi connectivity index (χ1v) is 7.77. The molecule has 1 saturated heterocycles. The van der Waals surface area contributed by atoms with Gasteiger partial charge in [0.05, 0.1) is 6.17 Å². The number of imide groups is 1. The van der Waals surface area contributed by atoms with Crippen molar-refractivity contribution < 1.29 is 30.0 Å². The number of hydrogen-bond acceptors (Lipinski definition) is 3. The van der Waals surface area contributed by atoms with E-state index in [4.69, 9.17) is 0 Å². The summed E-state index contributed by atoms with van der Waals surface area (Å²) in [6.45, 7) is 8.67. The van der Waals surface area contributed by atoms with Crippen LogP contribution in [0.5, 0.6) is 0 Å². The maximum Gasteiger partial charge on any atom is 0.325 e. The number of amides is 3. The second kappa shape index (κ2) is 8.44. The smallest absolute Gasteiger partial charge is 0.325 e. The summed E-state index contributed by atoms with van der Waals surface area (Å²) in [6, 6.07) is 5.74. The number of urea groups is 1. The molecule has 1 unspecified atom stereocenters. The standard InChI is InChI=1S/C14H17N4O2.C2H6.Re/c1-8(2)9-3-4-10-11(7-9)16-17-13(10)18-6-5-12(19)15-14(18)20;1-2;/h3-4,7-8,13,17H,5-6H2,1-2H3,(H,15,19,20);1-2H3;/q-1;;. The number of nitrogens with zero attached hydrogens (tertiary/aromatic N) is 2. The molecule has 1 aromatic rings. The number of fused-ring (bicyclic) bond motifs is 1. The molecule has 2 aliphatic heterocycles. The van der Waals surface area contributed by atoms with Gasteiger partial charge in [0.1, 0.15) is 0 Å². The molecule has 1 atom stereocenters. The molecule has 0 spiro atoms. The van der Waals surface area contributed by atoms with Crippen molar-refractivity contribution in [2.45, 2.75) is 46.2 Å². The second-order valence-electron chi connectivity index (χ2n) is 5.41. The van der Waals surface area contributed by atoms with E-state index < -0.39 is 0 Å². The molecule has 23 heavy (non-hydrogen) atoms. The van der Waals surface area contributed by atoms with E-state index in [0.717, 1.165) is 11.3 Å². The van der Waals surface area contributed by atoms with Gasteiger partial charge < -0.3 is 15.8 Å². The number of nitrogens with one attached hydrogen (secondary N) is 2. The van der Waals surface area contributed by atoms with Gasteiger partial charge in [0.15, 0.2) is 0 Å². The average Bonchev–Trinajstić information content (AvgIpc) is 2.92. The molecule has 0 aliphatic carbocycles. The predicted molar refractivity (Wildman–Crippen MR) is 85.6 cm³/mol. The topological polar surface area (TPSA) is 75.5 Å². The molecule has 1 radical (unpaired) electrons. The van der Waals surface area contributed by atoms with E-state index >= 15 is 0 Å². The van der Waals surface area contributed by atoms with E-state index in [0.29, 0.717) is 18.9 Å². The van der Waals surface area contributed by atoms with E-state index in [1.807, 2.05) is 26.0 Å². The molecule has 6 nitrogen and oxygen atoms in total. The zero-order chi connectivity index (χ0) is 16.3. The Hall–Kier alpha value is -1.42. The fourth-order valence-electron chi connectivity index (χ4n) is 2.51. The zero-order valence-corrected chi connectivity index (χ0v) is 16.6. The summed E-state index contributed by atoms with van der Waals surface area (Å²) in [5.74, 6) is 0.210. The minimum Gasteiger partial charge on any atom is -0.620 e. The Bertz CT molecular complexity index is 577. The predicted octanol–water partition coefficient (Wildman–Crippen LogP) is 3.30. The number of rotatable bonds is 2. The van der Waals surface area contributed by atoms with Crippen molar-refractivity contribution in [2.24, 2.45) is 0 Å². The van der Waals surface area contributed by atoms with E-state index in [-0.39, 0.29) is 38.5 Å². The van der Waals surface area contributed by atoms with E-state index in [2.05, 4.69) is 36.1 Å². The van der Waals surface area contributed by atoms with Crippen molar-refractivity contribution in [3.63, 3.8) is 0 Å². The third-order valence-electron chi connectivity index (χ3n) is 3.72. The average molecular weight is 490 g/mol. The first-order valence-electron chi connectivity index (χ1n) is 7.77. The van der Waals surface area contributed by atoms with Gasteiger partial charge >= 0.3 is 6.03 Å². The van der Waals surface area contributed by atoms with Crippen LogP contribution in [0.1, 0.15) is 57.3 Å². The van der Waals surface area contributed by atoms with Crippen molar-refractivity contribution >= 4 is 17.6 Å². The van der Waals surface area contributed by atoms with Crippen molar-refractivity contribution in [2.75, 3.05) is 6.54 Å². The Morgan fingerprint density at radius 2 is 1.96 bits per heavy atom. The van der Waals surface area contributed by atoms with E-state index in [1.54, 1.807) is 4.90 Å². The summed E-state index contributed by atoms with van der Waals surface area (Å²) < 4.78 is 0. The maximum atomic E-state index is 11.9. The van der Waals surface area contributed by atoms with Crippen LogP contribution >= 0.6 is 0 Å². The first kappa shape index (κ1) is 19.6. The SMILES string of the molecule is CC.CC(C)c1ccc2c(c1)[N-]NC2N1CCC(=O)NC1=O.[Re]. The van der Waals surface area contributed by atoms with E-state index in [1.165, 1.54) is 5.56 Å². The first-order chi connectivity index (χ1) is 10.6. The largest absolute Gasteiger partial charge is 0.620 e. The van der Waals surface area contributed by atoms with Crippen LogP contribution < -0.4 is 10.7 Å². The minimum atomic E-state index is -0.366. The van der Waals surface area contributed by atoms with Gasteiger partial charge in [0.2, 0.25) is 5.91 Å². The van der Waals surface area contributed by atoms with Crippen LogP contribution in [0.25, 0.3) is 5.43 Å². The molecule has 7 heteroatoms. The summed E-state index contributed by atoms with van der Waals surface area (Å²) in [7, 11) is 0. The van der Waals surface area contributed by atoms with Gasteiger partial charge in [-0.15, -0.1) is 5.69 Å². The molecular formula is C16H23N4O2Re-. The zero-order valence-electron chi connectivity index (χ0n) is 13.9. The number of hydrogen-bond donors (Lipinski definition) is 2. The van der Waals surface area contributed by atoms with Crippen LogP contribution in [0.3, 0.4) is 0 Å². The second-order valence-corrected chi connectivity index (χ2v) is 5.41. The van der Waals surface area contributed by atoms with Gasteiger partial charge in [-0.2, -0.15) is 0 Å². The molecule has 0 bridgehead atoms. The molecule has 127 valence electrons.